The molecule has 0 atom stereocenters. The molecule has 0 bridgehead atoms. The molecule has 0 spiro atoms. The first-order valence-electron chi connectivity index (χ1n) is 7.57. The summed E-state index contributed by atoms with van der Waals surface area (Å²) in [6.07, 6.45) is 4.98. The highest BCUT2D eigenvalue weighted by molar-refractivity contribution is 5.90. The van der Waals surface area contributed by atoms with Gasteiger partial charge in [0.05, 0.1) is 12.2 Å². The number of nitrogens with zero attached hydrogens (tertiary/aromatic N) is 3. The van der Waals surface area contributed by atoms with Crippen molar-refractivity contribution >= 4 is 5.91 Å². The van der Waals surface area contributed by atoms with Crippen LogP contribution >= 0.6 is 0 Å². The van der Waals surface area contributed by atoms with Gasteiger partial charge in [0.2, 0.25) is 0 Å². The van der Waals surface area contributed by atoms with E-state index in [1.807, 2.05) is 37.3 Å². The molecule has 0 aliphatic rings. The van der Waals surface area contributed by atoms with Crippen molar-refractivity contribution in [3.63, 3.8) is 0 Å². The van der Waals surface area contributed by atoms with Gasteiger partial charge < -0.3 is 14.6 Å². The predicted molar refractivity (Wildman–Crippen MR) is 89.9 cm³/mol. The minimum absolute atomic E-state index is 0.241. The Kier molecular flexibility index (Phi) is 4.56. The number of aromatic nitrogens is 3. The van der Waals surface area contributed by atoms with Crippen LogP contribution in [0.5, 0.6) is 11.5 Å². The highest BCUT2D eigenvalue weighted by atomic mass is 16.5. The number of hydrogen-bond acceptors (Lipinski definition) is 4. The SMILES string of the molecule is Cc1ccccc1Oc1ccnc(CNC(=O)c2nccn2C)c1. The molecular weight excluding hydrogens is 304 g/mol. The van der Waals surface area contributed by atoms with Gasteiger partial charge in [0.15, 0.2) is 5.82 Å². The predicted octanol–water partition coefficient (Wildman–Crippen LogP) is 2.85. The smallest absolute Gasteiger partial charge is 0.287 e. The van der Waals surface area contributed by atoms with E-state index in [2.05, 4.69) is 15.3 Å². The second-order valence-corrected chi connectivity index (χ2v) is 5.39. The summed E-state index contributed by atoms with van der Waals surface area (Å²) in [7, 11) is 1.77. The first kappa shape index (κ1) is 15.7. The summed E-state index contributed by atoms with van der Waals surface area (Å²) in [5.41, 5.74) is 1.77. The molecule has 1 N–H and O–H groups in total. The second-order valence-electron chi connectivity index (χ2n) is 5.39. The molecule has 6 nitrogen and oxygen atoms in total. The number of hydrogen-bond donors (Lipinski definition) is 1. The zero-order valence-electron chi connectivity index (χ0n) is 13.6. The third-order valence-corrected chi connectivity index (χ3v) is 3.56. The van der Waals surface area contributed by atoms with Crippen molar-refractivity contribution in [2.75, 3.05) is 0 Å². The van der Waals surface area contributed by atoms with E-state index in [0.29, 0.717) is 23.8 Å². The van der Waals surface area contributed by atoms with Gasteiger partial charge in [0, 0.05) is 31.7 Å². The Balaban J connectivity index is 1.66. The summed E-state index contributed by atoms with van der Waals surface area (Å²) in [5.74, 6) is 1.60. The summed E-state index contributed by atoms with van der Waals surface area (Å²) >= 11 is 0. The lowest BCUT2D eigenvalue weighted by Crippen LogP contribution is -2.26. The molecule has 0 unspecified atom stereocenters. The maximum Gasteiger partial charge on any atom is 0.287 e. The number of pyridine rings is 1. The van der Waals surface area contributed by atoms with Gasteiger partial charge >= 0.3 is 0 Å². The molecular formula is C18H18N4O2. The first-order chi connectivity index (χ1) is 11.6. The number of aryl methyl sites for hydroxylation is 2. The zero-order valence-corrected chi connectivity index (χ0v) is 13.6. The van der Waals surface area contributed by atoms with Gasteiger partial charge in [0.1, 0.15) is 11.5 Å². The summed E-state index contributed by atoms with van der Waals surface area (Å²) in [5, 5.41) is 2.80. The Morgan fingerprint density at radius 2 is 2.04 bits per heavy atom. The van der Waals surface area contributed by atoms with Crippen molar-refractivity contribution in [2.45, 2.75) is 13.5 Å². The fraction of sp³-hybridized carbons (Fsp3) is 0.167. The summed E-state index contributed by atoms with van der Waals surface area (Å²) in [6.45, 7) is 2.29. The van der Waals surface area contributed by atoms with Crippen LogP contribution in [0.25, 0.3) is 0 Å². The number of carbonyl (C=O) groups excluding carboxylic acids is 1. The van der Waals surface area contributed by atoms with E-state index in [1.54, 1.807) is 36.3 Å². The molecule has 2 heterocycles. The Bertz CT molecular complexity index is 857. The Labute approximate surface area is 140 Å². The number of carbonyl (C=O) groups is 1. The highest BCUT2D eigenvalue weighted by Gasteiger charge is 2.10. The third-order valence-electron chi connectivity index (χ3n) is 3.56. The van der Waals surface area contributed by atoms with Crippen LogP contribution in [0, 0.1) is 6.92 Å². The van der Waals surface area contributed by atoms with E-state index < -0.39 is 0 Å². The molecule has 0 saturated heterocycles. The maximum atomic E-state index is 12.1. The molecule has 0 aliphatic heterocycles. The quantitative estimate of drug-likeness (QED) is 0.784. The summed E-state index contributed by atoms with van der Waals surface area (Å²) in [4.78, 5) is 20.3. The van der Waals surface area contributed by atoms with Gasteiger partial charge in [-0.3, -0.25) is 9.78 Å². The van der Waals surface area contributed by atoms with E-state index in [1.165, 1.54) is 0 Å². The van der Waals surface area contributed by atoms with Crippen LogP contribution in [0.2, 0.25) is 0 Å². The molecule has 1 aromatic carbocycles. The van der Waals surface area contributed by atoms with E-state index in [0.717, 1.165) is 11.3 Å². The molecule has 122 valence electrons. The van der Waals surface area contributed by atoms with Crippen molar-refractivity contribution in [3.05, 3.63) is 72.1 Å². The van der Waals surface area contributed by atoms with Crippen molar-refractivity contribution in [3.8, 4) is 11.5 Å². The average Bonchev–Trinajstić information content (AvgIpc) is 3.01. The molecule has 2 aromatic heterocycles. The van der Waals surface area contributed by atoms with Crippen LogP contribution in [0.1, 0.15) is 21.9 Å². The lowest BCUT2D eigenvalue weighted by atomic mass is 10.2. The standard InChI is InChI=1S/C18H18N4O2/c1-13-5-3-4-6-16(13)24-15-7-8-19-14(11-15)12-21-18(23)17-20-9-10-22(17)2/h3-11H,12H2,1-2H3,(H,21,23). The van der Waals surface area contributed by atoms with Crippen LogP contribution in [0.4, 0.5) is 0 Å². The monoisotopic (exact) mass is 322 g/mol. The normalized spacial score (nSPS) is 10.4. The van der Waals surface area contributed by atoms with Crippen LogP contribution in [0.15, 0.2) is 55.0 Å². The Morgan fingerprint density at radius 1 is 1.21 bits per heavy atom. The summed E-state index contributed by atoms with van der Waals surface area (Å²) in [6, 6.07) is 11.4. The molecule has 1 amide bonds. The fourth-order valence-corrected chi connectivity index (χ4v) is 2.25. The largest absolute Gasteiger partial charge is 0.457 e. The fourth-order valence-electron chi connectivity index (χ4n) is 2.25. The minimum atomic E-state index is -0.241. The van der Waals surface area contributed by atoms with Crippen molar-refractivity contribution in [1.29, 1.82) is 0 Å². The molecule has 6 heteroatoms. The maximum absolute atomic E-state index is 12.1. The van der Waals surface area contributed by atoms with Gasteiger partial charge in [-0.1, -0.05) is 18.2 Å². The molecule has 3 aromatic rings. The summed E-state index contributed by atoms with van der Waals surface area (Å²) < 4.78 is 7.55. The van der Waals surface area contributed by atoms with Crippen LogP contribution in [0.3, 0.4) is 0 Å². The van der Waals surface area contributed by atoms with Gasteiger partial charge in [0.25, 0.3) is 5.91 Å². The number of para-hydroxylation sites is 1. The topological polar surface area (TPSA) is 69.0 Å². The number of nitrogens with one attached hydrogen (secondary N) is 1. The molecule has 0 radical (unpaired) electrons. The van der Waals surface area contributed by atoms with Gasteiger partial charge in [-0.05, 0) is 24.6 Å². The Morgan fingerprint density at radius 3 is 2.79 bits per heavy atom. The first-order valence-corrected chi connectivity index (χ1v) is 7.57. The van der Waals surface area contributed by atoms with E-state index in [4.69, 9.17) is 4.74 Å². The average molecular weight is 322 g/mol. The van der Waals surface area contributed by atoms with Crippen molar-refractivity contribution < 1.29 is 9.53 Å². The number of rotatable bonds is 5. The number of ether oxygens (including phenoxy) is 1. The lowest BCUT2D eigenvalue weighted by Gasteiger charge is -2.10. The molecule has 0 aliphatic carbocycles. The van der Waals surface area contributed by atoms with Crippen LogP contribution < -0.4 is 10.1 Å². The van der Waals surface area contributed by atoms with Gasteiger partial charge in [-0.25, -0.2) is 4.98 Å². The van der Waals surface area contributed by atoms with Gasteiger partial charge in [-0.2, -0.15) is 0 Å². The van der Waals surface area contributed by atoms with E-state index in [-0.39, 0.29) is 5.91 Å². The van der Waals surface area contributed by atoms with Crippen molar-refractivity contribution in [2.24, 2.45) is 7.05 Å². The van der Waals surface area contributed by atoms with E-state index in [9.17, 15) is 4.79 Å². The minimum Gasteiger partial charge on any atom is -0.457 e. The lowest BCUT2D eigenvalue weighted by molar-refractivity contribution is 0.0937. The second kappa shape index (κ2) is 6.95. The van der Waals surface area contributed by atoms with Crippen LogP contribution in [-0.2, 0) is 13.6 Å². The molecule has 3 rings (SSSR count). The molecule has 24 heavy (non-hydrogen) atoms. The Hall–Kier alpha value is -3.15. The van der Waals surface area contributed by atoms with Crippen LogP contribution in [-0.4, -0.2) is 20.4 Å². The number of amides is 1. The van der Waals surface area contributed by atoms with Gasteiger partial charge in [-0.15, -0.1) is 0 Å². The third kappa shape index (κ3) is 3.60. The molecule has 0 fully saturated rings. The zero-order chi connectivity index (χ0) is 16.9. The molecule has 0 saturated carbocycles. The van der Waals surface area contributed by atoms with E-state index >= 15 is 0 Å². The number of imidazole rings is 1. The highest BCUT2D eigenvalue weighted by Crippen LogP contribution is 2.24. The van der Waals surface area contributed by atoms with Crippen molar-refractivity contribution in [1.82, 2.24) is 19.9 Å². The number of benzene rings is 1.